The van der Waals surface area contributed by atoms with Crippen molar-refractivity contribution in [3.63, 3.8) is 0 Å². The Labute approximate surface area is 121 Å². The highest BCUT2D eigenvalue weighted by molar-refractivity contribution is 5.70. The molecule has 1 fully saturated rings. The average molecular weight is 288 g/mol. The summed E-state index contributed by atoms with van der Waals surface area (Å²) in [5.41, 5.74) is 0.675. The van der Waals surface area contributed by atoms with E-state index in [1.165, 1.54) is 0 Å². The van der Waals surface area contributed by atoms with Gasteiger partial charge in [-0.25, -0.2) is 0 Å². The third-order valence-corrected chi connectivity index (χ3v) is 3.80. The number of hydrogen-bond acceptors (Lipinski definition) is 6. The number of rotatable bonds is 5. The Morgan fingerprint density at radius 1 is 1.52 bits per heavy atom. The van der Waals surface area contributed by atoms with Crippen LogP contribution in [0, 0.1) is 11.8 Å². The Kier molecular flexibility index (Phi) is 3.66. The van der Waals surface area contributed by atoms with E-state index in [2.05, 4.69) is 20.0 Å². The summed E-state index contributed by atoms with van der Waals surface area (Å²) in [6, 6.07) is 5.52. The van der Waals surface area contributed by atoms with Crippen molar-refractivity contribution in [3.05, 3.63) is 30.3 Å². The molecule has 1 unspecified atom stereocenters. The Hall–Kier alpha value is -2.28. The molecule has 3 heterocycles. The number of hydrogen-bond donors (Lipinski definition) is 1. The van der Waals surface area contributed by atoms with Gasteiger partial charge in [0.2, 0.25) is 11.7 Å². The molecule has 2 aromatic heterocycles. The van der Waals surface area contributed by atoms with Gasteiger partial charge in [-0.15, -0.1) is 0 Å². The van der Waals surface area contributed by atoms with Gasteiger partial charge in [-0.2, -0.15) is 4.98 Å². The smallest absolute Gasteiger partial charge is 0.306 e. The third kappa shape index (κ3) is 2.92. The van der Waals surface area contributed by atoms with Gasteiger partial charge in [0.15, 0.2) is 0 Å². The first-order chi connectivity index (χ1) is 10.1. The maximum absolute atomic E-state index is 10.9. The predicted octanol–water partition coefficient (Wildman–Crippen LogP) is 1.28. The molecule has 1 aliphatic heterocycles. The number of carboxylic acid groups (broad SMARTS) is 1. The highest BCUT2D eigenvalue weighted by Gasteiger charge is 2.35. The zero-order valence-corrected chi connectivity index (χ0v) is 11.6. The van der Waals surface area contributed by atoms with E-state index in [-0.39, 0.29) is 11.8 Å². The number of carboxylic acids is 1. The van der Waals surface area contributed by atoms with Crippen molar-refractivity contribution in [2.24, 2.45) is 11.8 Å². The van der Waals surface area contributed by atoms with Gasteiger partial charge in [0, 0.05) is 19.3 Å². The zero-order valence-electron chi connectivity index (χ0n) is 11.6. The Bertz CT molecular complexity index is 622. The summed E-state index contributed by atoms with van der Waals surface area (Å²) < 4.78 is 5.21. The SMILES string of the molecule is CC(C(=O)O)C1CN(Cc2nc(-c3ccccn3)no2)C1. The van der Waals surface area contributed by atoms with Crippen molar-refractivity contribution in [3.8, 4) is 11.5 Å². The van der Waals surface area contributed by atoms with Crippen LogP contribution in [0.3, 0.4) is 0 Å². The van der Waals surface area contributed by atoms with E-state index in [9.17, 15) is 4.79 Å². The molecule has 7 nitrogen and oxygen atoms in total. The number of likely N-dealkylation sites (tertiary alicyclic amines) is 1. The second-order valence-corrected chi connectivity index (χ2v) is 5.31. The van der Waals surface area contributed by atoms with Crippen molar-refractivity contribution in [2.75, 3.05) is 13.1 Å². The third-order valence-electron chi connectivity index (χ3n) is 3.80. The summed E-state index contributed by atoms with van der Waals surface area (Å²) in [4.78, 5) is 21.5. The van der Waals surface area contributed by atoms with E-state index in [0.717, 1.165) is 13.1 Å². The van der Waals surface area contributed by atoms with E-state index >= 15 is 0 Å². The van der Waals surface area contributed by atoms with Crippen LogP contribution in [-0.4, -0.2) is 44.2 Å². The number of carbonyl (C=O) groups is 1. The minimum Gasteiger partial charge on any atom is -0.481 e. The maximum atomic E-state index is 10.9. The highest BCUT2D eigenvalue weighted by atomic mass is 16.5. The molecule has 0 bridgehead atoms. The molecule has 3 rings (SSSR count). The molecular formula is C14H16N4O3. The molecule has 21 heavy (non-hydrogen) atoms. The van der Waals surface area contributed by atoms with Crippen molar-refractivity contribution in [1.29, 1.82) is 0 Å². The van der Waals surface area contributed by atoms with E-state index in [4.69, 9.17) is 9.63 Å². The first-order valence-corrected chi connectivity index (χ1v) is 6.82. The molecule has 2 aromatic rings. The molecule has 1 atom stereocenters. The quantitative estimate of drug-likeness (QED) is 0.886. The standard InChI is InChI=1S/C14H16N4O3/c1-9(14(19)20)10-6-18(7-10)8-12-16-13(17-21-12)11-4-2-3-5-15-11/h2-5,9-10H,6-8H2,1H3,(H,19,20). The maximum Gasteiger partial charge on any atom is 0.306 e. The Morgan fingerprint density at radius 2 is 2.33 bits per heavy atom. The van der Waals surface area contributed by atoms with Gasteiger partial charge in [0.25, 0.3) is 0 Å². The molecule has 0 saturated carbocycles. The number of pyridine rings is 1. The molecule has 1 saturated heterocycles. The van der Waals surface area contributed by atoms with Gasteiger partial charge in [-0.1, -0.05) is 18.1 Å². The molecule has 0 spiro atoms. The van der Waals surface area contributed by atoms with E-state index in [1.807, 2.05) is 18.2 Å². The second kappa shape index (κ2) is 5.61. The molecule has 0 amide bonds. The van der Waals surface area contributed by atoms with Crippen LogP contribution in [0.1, 0.15) is 12.8 Å². The van der Waals surface area contributed by atoms with Crippen LogP contribution in [0.25, 0.3) is 11.5 Å². The highest BCUT2D eigenvalue weighted by Crippen LogP contribution is 2.25. The summed E-state index contributed by atoms with van der Waals surface area (Å²) in [5.74, 6) is 0.141. The zero-order chi connectivity index (χ0) is 14.8. The average Bonchev–Trinajstić information content (AvgIpc) is 2.91. The topological polar surface area (TPSA) is 92.3 Å². The van der Waals surface area contributed by atoms with Crippen LogP contribution in [-0.2, 0) is 11.3 Å². The van der Waals surface area contributed by atoms with E-state index in [0.29, 0.717) is 24.0 Å². The minimum atomic E-state index is -0.741. The summed E-state index contributed by atoms with van der Waals surface area (Å²) in [6.07, 6.45) is 1.68. The number of nitrogens with zero attached hydrogens (tertiary/aromatic N) is 4. The van der Waals surface area contributed by atoms with Crippen molar-refractivity contribution < 1.29 is 14.4 Å². The van der Waals surface area contributed by atoms with Crippen molar-refractivity contribution in [1.82, 2.24) is 20.0 Å². The van der Waals surface area contributed by atoms with Gasteiger partial charge in [-0.3, -0.25) is 14.7 Å². The fourth-order valence-corrected chi connectivity index (χ4v) is 2.37. The summed E-state index contributed by atoms with van der Waals surface area (Å²) in [6.45, 7) is 3.78. The van der Waals surface area contributed by atoms with Gasteiger partial charge >= 0.3 is 5.97 Å². The van der Waals surface area contributed by atoms with Crippen LogP contribution in [0.4, 0.5) is 0 Å². The van der Waals surface area contributed by atoms with Crippen LogP contribution < -0.4 is 0 Å². The number of aliphatic carboxylic acids is 1. The first kappa shape index (κ1) is 13.7. The largest absolute Gasteiger partial charge is 0.481 e. The van der Waals surface area contributed by atoms with Gasteiger partial charge < -0.3 is 9.63 Å². The number of aromatic nitrogens is 3. The second-order valence-electron chi connectivity index (χ2n) is 5.31. The lowest BCUT2D eigenvalue weighted by Crippen LogP contribution is -2.50. The fraction of sp³-hybridized carbons (Fsp3) is 0.429. The Balaban J connectivity index is 1.56. The minimum absolute atomic E-state index is 0.195. The normalized spacial score (nSPS) is 17.4. The molecule has 1 N–H and O–H groups in total. The van der Waals surface area contributed by atoms with E-state index in [1.54, 1.807) is 13.1 Å². The monoisotopic (exact) mass is 288 g/mol. The molecule has 110 valence electrons. The van der Waals surface area contributed by atoms with Crippen molar-refractivity contribution in [2.45, 2.75) is 13.5 Å². The van der Waals surface area contributed by atoms with Gasteiger partial charge in [0.05, 0.1) is 12.5 Å². The fourth-order valence-electron chi connectivity index (χ4n) is 2.37. The van der Waals surface area contributed by atoms with Crippen LogP contribution in [0.2, 0.25) is 0 Å². The first-order valence-electron chi connectivity index (χ1n) is 6.82. The Morgan fingerprint density at radius 3 is 3.00 bits per heavy atom. The van der Waals surface area contributed by atoms with Gasteiger partial charge in [-0.05, 0) is 18.1 Å². The summed E-state index contributed by atoms with van der Waals surface area (Å²) in [7, 11) is 0. The van der Waals surface area contributed by atoms with Crippen molar-refractivity contribution >= 4 is 5.97 Å². The van der Waals surface area contributed by atoms with Crippen LogP contribution >= 0.6 is 0 Å². The predicted molar refractivity (Wildman–Crippen MR) is 73.1 cm³/mol. The van der Waals surface area contributed by atoms with Crippen LogP contribution in [0.5, 0.6) is 0 Å². The lowest BCUT2D eigenvalue weighted by molar-refractivity contribution is -0.145. The molecule has 0 aromatic carbocycles. The molecule has 0 aliphatic carbocycles. The lowest BCUT2D eigenvalue weighted by Gasteiger charge is -2.40. The van der Waals surface area contributed by atoms with E-state index < -0.39 is 5.97 Å². The molecular weight excluding hydrogens is 272 g/mol. The molecule has 1 aliphatic rings. The molecule has 7 heteroatoms. The summed E-state index contributed by atoms with van der Waals surface area (Å²) in [5, 5.41) is 12.9. The molecule has 0 radical (unpaired) electrons. The summed E-state index contributed by atoms with van der Waals surface area (Å²) >= 11 is 0. The van der Waals surface area contributed by atoms with Crippen LogP contribution in [0.15, 0.2) is 28.9 Å². The lowest BCUT2D eigenvalue weighted by atomic mass is 9.87. The van der Waals surface area contributed by atoms with Gasteiger partial charge in [0.1, 0.15) is 5.69 Å².